The summed E-state index contributed by atoms with van der Waals surface area (Å²) < 4.78 is 0. The number of rotatable bonds is 2. The normalized spacial score (nSPS) is 44.3. The minimum Gasteiger partial charge on any atom is -0.385 e. The second-order valence-corrected chi connectivity index (χ2v) is 8.06. The van der Waals surface area contributed by atoms with E-state index in [9.17, 15) is 9.90 Å². The molecule has 1 N–H and O–H groups in total. The lowest BCUT2D eigenvalue weighted by atomic mass is 9.45. The molecule has 0 saturated heterocycles. The zero-order valence-corrected chi connectivity index (χ0v) is 13.7. The van der Waals surface area contributed by atoms with Crippen molar-refractivity contribution in [2.24, 2.45) is 22.7 Å². The van der Waals surface area contributed by atoms with Crippen LogP contribution in [0.25, 0.3) is 0 Å². The van der Waals surface area contributed by atoms with Crippen molar-refractivity contribution in [1.29, 1.82) is 0 Å². The topological polar surface area (TPSA) is 37.3 Å². The van der Waals surface area contributed by atoms with Crippen LogP contribution in [-0.4, -0.2) is 16.5 Å². The molecule has 0 radical (unpaired) electrons. The van der Waals surface area contributed by atoms with Crippen molar-refractivity contribution in [3.05, 3.63) is 12.2 Å². The number of aliphatic hydroxyl groups is 1. The number of ketones is 1. The van der Waals surface area contributed by atoms with Gasteiger partial charge in [-0.3, -0.25) is 4.79 Å². The Hall–Kier alpha value is -0.630. The van der Waals surface area contributed by atoms with Crippen molar-refractivity contribution in [2.45, 2.75) is 72.3 Å². The van der Waals surface area contributed by atoms with E-state index in [0.29, 0.717) is 5.92 Å². The standard InChI is InChI=1S/C18H30O2/c1-13-7-8-15-16(3,4)10-6-11-17(15,5)18(13,20)12-9-14(2)19/h9,12-13,15,20H,6-8,10-11H2,1-5H3/b12-9+. The van der Waals surface area contributed by atoms with E-state index >= 15 is 0 Å². The second kappa shape index (κ2) is 4.98. The Morgan fingerprint density at radius 2 is 1.85 bits per heavy atom. The van der Waals surface area contributed by atoms with Gasteiger partial charge in [0, 0.05) is 5.41 Å². The van der Waals surface area contributed by atoms with Crippen molar-refractivity contribution in [3.63, 3.8) is 0 Å². The zero-order valence-electron chi connectivity index (χ0n) is 13.7. The van der Waals surface area contributed by atoms with E-state index in [-0.39, 0.29) is 22.5 Å². The number of carbonyl (C=O) groups excluding carboxylic acids is 1. The Kier molecular flexibility index (Phi) is 3.92. The van der Waals surface area contributed by atoms with Crippen molar-refractivity contribution in [3.8, 4) is 0 Å². The average molecular weight is 278 g/mol. The second-order valence-electron chi connectivity index (χ2n) is 8.06. The highest BCUT2D eigenvalue weighted by Crippen LogP contribution is 2.62. The van der Waals surface area contributed by atoms with E-state index in [4.69, 9.17) is 0 Å². The monoisotopic (exact) mass is 278 g/mol. The lowest BCUT2D eigenvalue weighted by Gasteiger charge is -2.62. The highest BCUT2D eigenvalue weighted by atomic mass is 16.3. The fourth-order valence-corrected chi connectivity index (χ4v) is 5.11. The van der Waals surface area contributed by atoms with Gasteiger partial charge in [-0.1, -0.05) is 34.1 Å². The summed E-state index contributed by atoms with van der Waals surface area (Å²) in [7, 11) is 0. The van der Waals surface area contributed by atoms with E-state index in [1.54, 1.807) is 13.0 Å². The molecule has 0 bridgehead atoms. The molecule has 0 amide bonds. The molecule has 4 atom stereocenters. The van der Waals surface area contributed by atoms with Crippen molar-refractivity contribution < 1.29 is 9.90 Å². The number of carbonyl (C=O) groups is 1. The Bertz CT molecular complexity index is 423. The number of hydrogen-bond acceptors (Lipinski definition) is 2. The molecule has 20 heavy (non-hydrogen) atoms. The molecule has 2 rings (SSSR count). The van der Waals surface area contributed by atoms with Crippen LogP contribution in [0.5, 0.6) is 0 Å². The third-order valence-corrected chi connectivity index (χ3v) is 6.36. The molecule has 0 aromatic heterocycles. The maximum Gasteiger partial charge on any atom is 0.152 e. The Labute approximate surface area is 123 Å². The fourth-order valence-electron chi connectivity index (χ4n) is 5.11. The summed E-state index contributed by atoms with van der Waals surface area (Å²) in [5, 5.41) is 11.4. The van der Waals surface area contributed by atoms with Crippen molar-refractivity contribution in [2.75, 3.05) is 0 Å². The molecule has 2 saturated carbocycles. The van der Waals surface area contributed by atoms with Gasteiger partial charge in [0.2, 0.25) is 0 Å². The van der Waals surface area contributed by atoms with Crippen LogP contribution in [0.15, 0.2) is 12.2 Å². The first kappa shape index (κ1) is 15.8. The molecule has 0 aromatic carbocycles. The molecule has 0 spiro atoms. The van der Waals surface area contributed by atoms with Crippen LogP contribution in [0.4, 0.5) is 0 Å². The SMILES string of the molecule is CC(=O)/C=C/C1(O)C(C)CCC2C(C)(C)CCCC21C. The maximum atomic E-state index is 11.4. The summed E-state index contributed by atoms with van der Waals surface area (Å²) in [6, 6.07) is 0. The van der Waals surface area contributed by atoms with Crippen LogP contribution >= 0.6 is 0 Å². The smallest absolute Gasteiger partial charge is 0.152 e. The van der Waals surface area contributed by atoms with Gasteiger partial charge in [-0.15, -0.1) is 0 Å². The van der Waals surface area contributed by atoms with Crippen LogP contribution in [0.1, 0.15) is 66.7 Å². The van der Waals surface area contributed by atoms with Crippen molar-refractivity contribution in [1.82, 2.24) is 0 Å². The van der Waals surface area contributed by atoms with Gasteiger partial charge in [-0.2, -0.15) is 0 Å². The first-order valence-corrected chi connectivity index (χ1v) is 8.06. The summed E-state index contributed by atoms with van der Waals surface area (Å²) in [4.78, 5) is 11.3. The van der Waals surface area contributed by atoms with Gasteiger partial charge in [0.05, 0.1) is 5.60 Å². The first-order valence-electron chi connectivity index (χ1n) is 8.06. The maximum absolute atomic E-state index is 11.4. The largest absolute Gasteiger partial charge is 0.385 e. The number of hydrogen-bond donors (Lipinski definition) is 1. The van der Waals surface area contributed by atoms with E-state index in [1.807, 2.05) is 6.08 Å². The van der Waals surface area contributed by atoms with E-state index in [2.05, 4.69) is 27.7 Å². The summed E-state index contributed by atoms with van der Waals surface area (Å²) in [6.07, 6.45) is 9.10. The molecular weight excluding hydrogens is 248 g/mol. The summed E-state index contributed by atoms with van der Waals surface area (Å²) in [5.41, 5.74) is -0.678. The summed E-state index contributed by atoms with van der Waals surface area (Å²) >= 11 is 0. The average Bonchev–Trinajstić information content (AvgIpc) is 2.32. The summed E-state index contributed by atoms with van der Waals surface area (Å²) in [5.74, 6) is 0.765. The third kappa shape index (κ3) is 2.26. The quantitative estimate of drug-likeness (QED) is 0.771. The molecule has 114 valence electrons. The minimum absolute atomic E-state index is 0.0198. The molecule has 0 aliphatic heterocycles. The molecular formula is C18H30O2. The van der Waals surface area contributed by atoms with Gasteiger partial charge in [-0.25, -0.2) is 0 Å². The molecule has 4 unspecified atom stereocenters. The zero-order chi connectivity index (χ0) is 15.2. The molecule has 2 aliphatic rings. The Balaban J connectivity index is 2.45. The fraction of sp³-hybridized carbons (Fsp3) is 0.833. The lowest BCUT2D eigenvalue weighted by Crippen LogP contribution is -2.61. The van der Waals surface area contributed by atoms with Gasteiger partial charge in [0.1, 0.15) is 0 Å². The lowest BCUT2D eigenvalue weighted by molar-refractivity contribution is -0.182. The van der Waals surface area contributed by atoms with Gasteiger partial charge < -0.3 is 5.11 Å². The molecule has 0 heterocycles. The highest BCUT2D eigenvalue weighted by Gasteiger charge is 2.60. The third-order valence-electron chi connectivity index (χ3n) is 6.36. The molecule has 2 heteroatoms. The van der Waals surface area contributed by atoms with Crippen LogP contribution in [-0.2, 0) is 4.79 Å². The van der Waals surface area contributed by atoms with Gasteiger partial charge in [0.15, 0.2) is 5.78 Å². The Morgan fingerprint density at radius 1 is 1.20 bits per heavy atom. The number of allylic oxidation sites excluding steroid dienone is 1. The highest BCUT2D eigenvalue weighted by molar-refractivity contribution is 5.87. The van der Waals surface area contributed by atoms with Crippen LogP contribution in [0, 0.1) is 22.7 Å². The van der Waals surface area contributed by atoms with Gasteiger partial charge in [-0.05, 0) is 62.0 Å². The van der Waals surface area contributed by atoms with Crippen molar-refractivity contribution >= 4 is 5.78 Å². The van der Waals surface area contributed by atoms with Crippen LogP contribution < -0.4 is 0 Å². The predicted octanol–water partition coefficient (Wildman–Crippen LogP) is 4.13. The molecule has 2 aliphatic carbocycles. The van der Waals surface area contributed by atoms with E-state index < -0.39 is 5.60 Å². The van der Waals surface area contributed by atoms with Gasteiger partial charge >= 0.3 is 0 Å². The molecule has 2 nitrogen and oxygen atoms in total. The molecule has 2 fully saturated rings. The van der Waals surface area contributed by atoms with Crippen LogP contribution in [0.3, 0.4) is 0 Å². The van der Waals surface area contributed by atoms with E-state index in [1.165, 1.54) is 19.3 Å². The molecule has 0 aromatic rings. The Morgan fingerprint density at radius 3 is 2.45 bits per heavy atom. The minimum atomic E-state index is -0.848. The predicted molar refractivity (Wildman–Crippen MR) is 82.4 cm³/mol. The van der Waals surface area contributed by atoms with Gasteiger partial charge in [0.25, 0.3) is 0 Å². The summed E-state index contributed by atoms with van der Waals surface area (Å²) in [6.45, 7) is 10.6. The number of fused-ring (bicyclic) bond motifs is 1. The van der Waals surface area contributed by atoms with Crippen LogP contribution in [0.2, 0.25) is 0 Å². The first-order chi connectivity index (χ1) is 9.13. The van der Waals surface area contributed by atoms with E-state index in [0.717, 1.165) is 12.8 Å².